The first kappa shape index (κ1) is 37.9. The maximum Gasteiger partial charge on any atom is 1.00 e. The van der Waals surface area contributed by atoms with E-state index in [0.29, 0.717) is 17.0 Å². The number of amides is 1. The first-order valence-corrected chi connectivity index (χ1v) is 13.7. The minimum Gasteiger partial charge on any atom is -0.858 e. The Hall–Kier alpha value is -1.11. The molecular weight excluding hydrogens is 605 g/mol. The van der Waals surface area contributed by atoms with Crippen LogP contribution in [0.2, 0.25) is 0 Å². The molecule has 0 spiro atoms. The molecule has 4 rings (SSSR count). The van der Waals surface area contributed by atoms with Gasteiger partial charge in [0.15, 0.2) is 0 Å². The number of anilines is 1. The van der Waals surface area contributed by atoms with Crippen molar-refractivity contribution in [2.45, 2.75) is 30.6 Å². The van der Waals surface area contributed by atoms with Gasteiger partial charge in [-0.3, -0.25) is 4.79 Å². The van der Waals surface area contributed by atoms with E-state index < -0.39 is 41.8 Å². The molecule has 0 fully saturated rings. The molecule has 0 saturated carbocycles. The van der Waals surface area contributed by atoms with Crippen molar-refractivity contribution in [1.82, 2.24) is 9.78 Å². The molecule has 17 heteroatoms. The predicted molar refractivity (Wildman–Crippen MR) is 132 cm³/mol. The molecule has 0 bridgehead atoms. The average Bonchev–Trinajstić information content (AvgIpc) is 3.30. The quantitative estimate of drug-likeness (QED) is 0.146. The van der Waals surface area contributed by atoms with Crippen LogP contribution >= 0.6 is 0 Å². The number of hydrazone groups is 1. The van der Waals surface area contributed by atoms with Gasteiger partial charge in [-0.1, -0.05) is 12.2 Å². The summed E-state index contributed by atoms with van der Waals surface area (Å²) in [6.07, 6.45) is 3.06. The Morgan fingerprint density at radius 3 is 1.76 bits per heavy atom. The SMILES string of the molecule is CC1=NN(c2ccc(S(=O)(=O)[O-])cc2)C(=O)/C1=C(C)/C=C/c1c(C)nn(-c2ccc(S(=O)(=O)[O-])cc2)c1[O-].[Na+].[Na+].[Na+]. The third-order valence-corrected chi connectivity index (χ3v) is 7.41. The molecule has 198 valence electrons. The molecule has 3 aromatic rings. The zero-order valence-corrected chi connectivity index (χ0v) is 30.8. The van der Waals surface area contributed by atoms with Crippen LogP contribution in [0.25, 0.3) is 11.8 Å². The number of hydrogen-bond donors (Lipinski definition) is 0. The van der Waals surface area contributed by atoms with Crippen molar-refractivity contribution in [1.29, 1.82) is 0 Å². The van der Waals surface area contributed by atoms with Gasteiger partial charge in [-0.2, -0.15) is 15.2 Å². The van der Waals surface area contributed by atoms with Crippen molar-refractivity contribution >= 4 is 43.6 Å². The molecule has 2 aromatic carbocycles. The predicted octanol–water partition coefficient (Wildman–Crippen LogP) is -7.17. The normalized spacial score (nSPS) is 14.7. The smallest absolute Gasteiger partial charge is 0.858 e. The molecule has 2 heterocycles. The Morgan fingerprint density at radius 2 is 1.29 bits per heavy atom. The van der Waals surface area contributed by atoms with Crippen LogP contribution < -0.4 is 98.8 Å². The Labute approximate surface area is 303 Å². The first-order chi connectivity index (χ1) is 17.7. The summed E-state index contributed by atoms with van der Waals surface area (Å²) in [4.78, 5) is 12.2. The van der Waals surface area contributed by atoms with Gasteiger partial charge in [0.2, 0.25) is 0 Å². The molecule has 0 aliphatic carbocycles. The molecule has 12 nitrogen and oxygen atoms in total. The van der Waals surface area contributed by atoms with Crippen LogP contribution in [0.15, 0.2) is 80.6 Å². The molecule has 0 radical (unpaired) electrons. The second-order valence-corrected chi connectivity index (χ2v) is 11.1. The molecule has 1 aliphatic heterocycles. The van der Waals surface area contributed by atoms with Crippen LogP contribution in [-0.2, 0) is 25.0 Å². The second-order valence-electron chi connectivity index (χ2n) is 8.31. The van der Waals surface area contributed by atoms with Crippen LogP contribution in [0.3, 0.4) is 0 Å². The fourth-order valence-electron chi connectivity index (χ4n) is 3.82. The van der Waals surface area contributed by atoms with Gasteiger partial charge in [0, 0.05) is 5.56 Å². The number of carbonyl (C=O) groups excluding carboxylic acids is 1. The number of benzene rings is 2. The molecule has 0 atom stereocenters. The first-order valence-electron chi connectivity index (χ1n) is 10.9. The number of allylic oxidation sites excluding steroid dienone is 2. The van der Waals surface area contributed by atoms with Crippen LogP contribution in [-0.4, -0.2) is 47.3 Å². The van der Waals surface area contributed by atoms with E-state index in [2.05, 4.69) is 10.2 Å². The molecule has 0 unspecified atom stereocenters. The third-order valence-electron chi connectivity index (χ3n) is 5.71. The topological polar surface area (TPSA) is 188 Å². The van der Waals surface area contributed by atoms with Gasteiger partial charge in [0.1, 0.15) is 20.2 Å². The van der Waals surface area contributed by atoms with Crippen molar-refractivity contribution in [3.8, 4) is 11.6 Å². The summed E-state index contributed by atoms with van der Waals surface area (Å²) in [7, 11) is -9.26. The van der Waals surface area contributed by atoms with Crippen molar-refractivity contribution in [3.05, 3.63) is 77.0 Å². The van der Waals surface area contributed by atoms with Crippen molar-refractivity contribution in [3.63, 3.8) is 0 Å². The molecule has 1 amide bonds. The van der Waals surface area contributed by atoms with Crippen molar-refractivity contribution in [2.75, 3.05) is 5.01 Å². The number of aryl methyl sites for hydroxylation is 1. The van der Waals surface area contributed by atoms with Crippen LogP contribution in [0.1, 0.15) is 25.1 Å². The summed E-state index contributed by atoms with van der Waals surface area (Å²) in [5.74, 6) is -0.974. The van der Waals surface area contributed by atoms with E-state index in [9.17, 15) is 35.8 Å². The molecular formula is C24H19N4Na3O8S2. The minimum atomic E-state index is -4.63. The van der Waals surface area contributed by atoms with Gasteiger partial charge in [-0.15, -0.1) is 0 Å². The minimum absolute atomic E-state index is 0. The summed E-state index contributed by atoms with van der Waals surface area (Å²) >= 11 is 0. The van der Waals surface area contributed by atoms with Gasteiger partial charge in [0.05, 0.1) is 38.1 Å². The number of carbonyl (C=O) groups is 1. The van der Waals surface area contributed by atoms with E-state index in [4.69, 9.17) is 0 Å². The summed E-state index contributed by atoms with van der Waals surface area (Å²) in [5.41, 5.74) is 2.30. The number of rotatable bonds is 6. The van der Waals surface area contributed by atoms with E-state index in [1.165, 1.54) is 30.3 Å². The molecule has 41 heavy (non-hydrogen) atoms. The standard InChI is InChI=1S/C24H22N4O8S2.3Na/c1-14(22-16(3)26-28(24(22)30)18-7-11-20(12-8-18)38(34,35)36)4-13-21-15(2)25-27(23(21)29)17-5-9-19(10-6-17)37(31,32)33;;;/h4-13,29H,1-3H3,(H,31,32,33)(H,34,35,36);;;/q;3*+1/p-3/b13-4+,22-14+;;;. The zero-order valence-electron chi connectivity index (χ0n) is 23.1. The van der Waals surface area contributed by atoms with Crippen LogP contribution in [0.5, 0.6) is 5.88 Å². The number of aromatic nitrogens is 2. The van der Waals surface area contributed by atoms with E-state index >= 15 is 0 Å². The van der Waals surface area contributed by atoms with Crippen molar-refractivity contribution in [2.24, 2.45) is 5.10 Å². The monoisotopic (exact) mass is 624 g/mol. The van der Waals surface area contributed by atoms with E-state index in [1.807, 2.05) is 0 Å². The van der Waals surface area contributed by atoms with Crippen LogP contribution in [0.4, 0.5) is 5.69 Å². The van der Waals surface area contributed by atoms with Gasteiger partial charge >= 0.3 is 88.7 Å². The Kier molecular flexibility index (Phi) is 13.5. The molecule has 0 N–H and O–H groups in total. The van der Waals surface area contributed by atoms with E-state index in [-0.39, 0.29) is 111 Å². The van der Waals surface area contributed by atoms with Gasteiger partial charge < -0.3 is 14.2 Å². The van der Waals surface area contributed by atoms with Crippen LogP contribution in [0, 0.1) is 6.92 Å². The molecule has 1 aliphatic rings. The van der Waals surface area contributed by atoms with Crippen molar-refractivity contribution < 1.29 is 125 Å². The number of hydrogen-bond acceptors (Lipinski definition) is 10. The second kappa shape index (κ2) is 14.6. The largest absolute Gasteiger partial charge is 1.00 e. The van der Waals surface area contributed by atoms with Gasteiger partial charge in [0.25, 0.3) is 5.91 Å². The summed E-state index contributed by atoms with van der Waals surface area (Å²) in [6, 6.07) is 9.55. The Balaban J connectivity index is 0.00000280. The maximum atomic E-state index is 13.1. The molecule has 1 aromatic heterocycles. The van der Waals surface area contributed by atoms with Gasteiger partial charge in [-0.05, 0) is 80.8 Å². The fraction of sp³-hybridized carbons (Fsp3) is 0.125. The average molecular weight is 625 g/mol. The Bertz CT molecular complexity index is 1770. The number of nitrogens with zero attached hydrogens (tertiary/aromatic N) is 4. The van der Waals surface area contributed by atoms with E-state index in [0.717, 1.165) is 34.0 Å². The summed E-state index contributed by atoms with van der Waals surface area (Å²) in [5, 5.41) is 22.5. The fourth-order valence-corrected chi connectivity index (χ4v) is 4.76. The summed E-state index contributed by atoms with van der Waals surface area (Å²) < 4.78 is 67.9. The third kappa shape index (κ3) is 8.29. The summed E-state index contributed by atoms with van der Waals surface area (Å²) in [6.45, 7) is 4.89. The van der Waals surface area contributed by atoms with Gasteiger partial charge in [-0.25, -0.2) is 21.5 Å². The maximum absolute atomic E-state index is 13.1. The molecule has 0 saturated heterocycles. The zero-order chi connectivity index (χ0) is 28.0. The van der Waals surface area contributed by atoms with E-state index in [1.54, 1.807) is 26.8 Å². The Morgan fingerprint density at radius 1 is 0.829 bits per heavy atom.